The van der Waals surface area contributed by atoms with Gasteiger partial charge in [0.2, 0.25) is 0 Å². The zero-order valence-electron chi connectivity index (χ0n) is 13.8. The highest BCUT2D eigenvalue weighted by Gasteiger charge is 2.27. The van der Waals surface area contributed by atoms with Crippen molar-refractivity contribution >= 4 is 17.8 Å². The second kappa shape index (κ2) is 8.19. The molecule has 2 amide bonds. The lowest BCUT2D eigenvalue weighted by atomic mass is 10.1. The standard InChI is InChI=1S/C17H23N5OS/c1-24-16-7-3-6-15(16)21-17(23)19-9-13-4-2-5-14(8-13)10-22-12-18-11-20-22/h2,4-5,8,11-12,15-16H,3,6-7,9-10H2,1H3,(H2,19,21,23). The van der Waals surface area contributed by atoms with Gasteiger partial charge in [-0.15, -0.1) is 0 Å². The molecule has 2 aromatic rings. The number of urea groups is 1. The molecule has 2 atom stereocenters. The number of nitrogens with one attached hydrogen (secondary N) is 2. The van der Waals surface area contributed by atoms with Crippen LogP contribution in [0.2, 0.25) is 0 Å². The van der Waals surface area contributed by atoms with Crippen LogP contribution in [0.5, 0.6) is 0 Å². The first-order valence-corrected chi connectivity index (χ1v) is 9.51. The van der Waals surface area contributed by atoms with Gasteiger partial charge in [-0.1, -0.05) is 30.7 Å². The third-order valence-corrected chi connectivity index (χ3v) is 5.50. The van der Waals surface area contributed by atoms with Gasteiger partial charge in [0.15, 0.2) is 0 Å². The van der Waals surface area contributed by atoms with Crippen LogP contribution in [0.1, 0.15) is 30.4 Å². The minimum atomic E-state index is -0.0809. The van der Waals surface area contributed by atoms with Crippen LogP contribution >= 0.6 is 11.8 Å². The van der Waals surface area contributed by atoms with E-state index in [-0.39, 0.29) is 6.03 Å². The number of carbonyl (C=O) groups is 1. The molecule has 2 unspecified atom stereocenters. The molecule has 1 saturated carbocycles. The number of carbonyl (C=O) groups excluding carboxylic acids is 1. The largest absolute Gasteiger partial charge is 0.334 e. The predicted octanol–water partition coefficient (Wildman–Crippen LogP) is 2.41. The van der Waals surface area contributed by atoms with Gasteiger partial charge in [0, 0.05) is 17.8 Å². The van der Waals surface area contributed by atoms with Crippen molar-refractivity contribution in [1.82, 2.24) is 25.4 Å². The molecule has 2 N–H and O–H groups in total. The van der Waals surface area contributed by atoms with Crippen LogP contribution in [-0.4, -0.2) is 38.3 Å². The summed E-state index contributed by atoms with van der Waals surface area (Å²) in [4.78, 5) is 16.1. The van der Waals surface area contributed by atoms with Crippen LogP contribution in [-0.2, 0) is 13.1 Å². The third kappa shape index (κ3) is 4.50. The fourth-order valence-electron chi connectivity index (χ4n) is 3.11. The van der Waals surface area contributed by atoms with E-state index in [1.165, 1.54) is 19.2 Å². The topological polar surface area (TPSA) is 71.8 Å². The minimum Gasteiger partial charge on any atom is -0.334 e. The van der Waals surface area contributed by atoms with E-state index >= 15 is 0 Å². The van der Waals surface area contributed by atoms with Crippen molar-refractivity contribution < 1.29 is 4.79 Å². The zero-order valence-corrected chi connectivity index (χ0v) is 14.6. The Balaban J connectivity index is 1.50. The third-order valence-electron chi connectivity index (χ3n) is 4.33. The average molecular weight is 345 g/mol. The fourth-order valence-corrected chi connectivity index (χ4v) is 4.05. The van der Waals surface area contributed by atoms with E-state index in [4.69, 9.17) is 0 Å². The number of thioether (sulfide) groups is 1. The highest BCUT2D eigenvalue weighted by atomic mass is 32.2. The Kier molecular flexibility index (Phi) is 5.74. The van der Waals surface area contributed by atoms with Gasteiger partial charge in [0.25, 0.3) is 0 Å². The molecule has 1 aliphatic carbocycles. The highest BCUT2D eigenvalue weighted by Crippen LogP contribution is 2.28. The SMILES string of the molecule is CSC1CCCC1NC(=O)NCc1cccc(Cn2cncn2)c1. The second-order valence-electron chi connectivity index (χ2n) is 6.05. The van der Waals surface area contributed by atoms with Gasteiger partial charge in [0.1, 0.15) is 12.7 Å². The molecule has 128 valence electrons. The maximum Gasteiger partial charge on any atom is 0.315 e. The molecule has 1 heterocycles. The van der Waals surface area contributed by atoms with Crippen molar-refractivity contribution in [1.29, 1.82) is 0 Å². The molecule has 0 bridgehead atoms. The van der Waals surface area contributed by atoms with Gasteiger partial charge in [0.05, 0.1) is 6.54 Å². The second-order valence-corrected chi connectivity index (χ2v) is 7.13. The fraction of sp³-hybridized carbons (Fsp3) is 0.471. The Bertz CT molecular complexity index is 661. The van der Waals surface area contributed by atoms with Gasteiger partial charge < -0.3 is 10.6 Å². The summed E-state index contributed by atoms with van der Waals surface area (Å²) in [7, 11) is 0. The number of aromatic nitrogens is 3. The summed E-state index contributed by atoms with van der Waals surface area (Å²) in [6.45, 7) is 1.20. The normalized spacial score (nSPS) is 20.0. The van der Waals surface area contributed by atoms with E-state index in [1.807, 2.05) is 30.0 Å². The highest BCUT2D eigenvalue weighted by molar-refractivity contribution is 7.99. The van der Waals surface area contributed by atoms with E-state index in [0.717, 1.165) is 17.5 Å². The monoisotopic (exact) mass is 345 g/mol. The molecular formula is C17H23N5OS. The maximum atomic E-state index is 12.1. The van der Waals surface area contributed by atoms with E-state index in [2.05, 4.69) is 33.0 Å². The van der Waals surface area contributed by atoms with Crippen LogP contribution in [0, 0.1) is 0 Å². The summed E-state index contributed by atoms with van der Waals surface area (Å²) in [6.07, 6.45) is 8.80. The number of rotatable bonds is 6. The van der Waals surface area contributed by atoms with Gasteiger partial charge in [-0.05, 0) is 30.2 Å². The molecule has 7 heteroatoms. The molecular weight excluding hydrogens is 322 g/mol. The summed E-state index contributed by atoms with van der Waals surface area (Å²) in [5.74, 6) is 0. The number of amides is 2. The molecule has 0 radical (unpaired) electrons. The Morgan fingerprint density at radius 3 is 3.04 bits per heavy atom. The van der Waals surface area contributed by atoms with Crippen LogP contribution in [0.15, 0.2) is 36.9 Å². The van der Waals surface area contributed by atoms with E-state index in [1.54, 1.807) is 11.0 Å². The smallest absolute Gasteiger partial charge is 0.315 e. The van der Waals surface area contributed by atoms with E-state index in [9.17, 15) is 4.79 Å². The lowest BCUT2D eigenvalue weighted by molar-refractivity contribution is 0.237. The molecule has 0 saturated heterocycles. The van der Waals surface area contributed by atoms with Crippen molar-refractivity contribution in [2.45, 2.75) is 43.6 Å². The number of hydrogen-bond donors (Lipinski definition) is 2. The summed E-state index contributed by atoms with van der Waals surface area (Å²) in [6, 6.07) is 8.36. The summed E-state index contributed by atoms with van der Waals surface area (Å²) in [5.41, 5.74) is 2.22. The molecule has 0 aliphatic heterocycles. The predicted molar refractivity (Wildman–Crippen MR) is 95.9 cm³/mol. The molecule has 6 nitrogen and oxygen atoms in total. The van der Waals surface area contributed by atoms with Gasteiger partial charge in [-0.3, -0.25) is 0 Å². The minimum absolute atomic E-state index is 0.0809. The van der Waals surface area contributed by atoms with Crippen LogP contribution < -0.4 is 10.6 Å². The first-order valence-electron chi connectivity index (χ1n) is 8.22. The molecule has 1 fully saturated rings. The Morgan fingerprint density at radius 2 is 2.25 bits per heavy atom. The average Bonchev–Trinajstić information content (AvgIpc) is 3.25. The van der Waals surface area contributed by atoms with Crippen molar-refractivity contribution in [3.05, 3.63) is 48.0 Å². The van der Waals surface area contributed by atoms with Crippen molar-refractivity contribution in [3.63, 3.8) is 0 Å². The Labute approximate surface area is 146 Å². The van der Waals surface area contributed by atoms with Crippen LogP contribution in [0.3, 0.4) is 0 Å². The number of nitrogens with zero attached hydrogens (tertiary/aromatic N) is 3. The van der Waals surface area contributed by atoms with Crippen molar-refractivity contribution in [2.75, 3.05) is 6.26 Å². The summed E-state index contributed by atoms with van der Waals surface area (Å²) >= 11 is 1.84. The number of hydrogen-bond acceptors (Lipinski definition) is 4. The molecule has 1 aromatic heterocycles. The van der Waals surface area contributed by atoms with Crippen LogP contribution in [0.4, 0.5) is 4.79 Å². The quantitative estimate of drug-likeness (QED) is 0.843. The Hall–Kier alpha value is -2.02. The van der Waals surface area contributed by atoms with Gasteiger partial charge in [-0.25, -0.2) is 14.5 Å². The van der Waals surface area contributed by atoms with Crippen molar-refractivity contribution in [3.8, 4) is 0 Å². The molecule has 24 heavy (non-hydrogen) atoms. The lowest BCUT2D eigenvalue weighted by Gasteiger charge is -2.19. The maximum absolute atomic E-state index is 12.1. The van der Waals surface area contributed by atoms with Gasteiger partial charge in [-0.2, -0.15) is 16.9 Å². The van der Waals surface area contributed by atoms with Gasteiger partial charge >= 0.3 is 6.03 Å². The van der Waals surface area contributed by atoms with Crippen LogP contribution in [0.25, 0.3) is 0 Å². The number of benzene rings is 1. The molecule has 1 aromatic carbocycles. The Morgan fingerprint density at radius 1 is 1.38 bits per heavy atom. The molecule has 1 aliphatic rings. The first kappa shape index (κ1) is 16.8. The summed E-state index contributed by atoms with van der Waals surface area (Å²) in [5, 5.41) is 10.7. The summed E-state index contributed by atoms with van der Waals surface area (Å²) < 4.78 is 1.78. The molecule has 3 rings (SSSR count). The first-order chi connectivity index (χ1) is 11.7. The van der Waals surface area contributed by atoms with Crippen molar-refractivity contribution in [2.24, 2.45) is 0 Å². The lowest BCUT2D eigenvalue weighted by Crippen LogP contribution is -2.44. The molecule has 0 spiro atoms. The van der Waals surface area contributed by atoms with E-state index < -0.39 is 0 Å². The van der Waals surface area contributed by atoms with E-state index in [0.29, 0.717) is 24.4 Å². The zero-order chi connectivity index (χ0) is 16.8.